The van der Waals surface area contributed by atoms with Crippen LogP contribution in [0.15, 0.2) is 30.6 Å². The number of hydrogen-bond acceptors (Lipinski definition) is 5. The van der Waals surface area contributed by atoms with Crippen LogP contribution in [-0.2, 0) is 6.54 Å². The Morgan fingerprint density at radius 1 is 1.04 bits per heavy atom. The van der Waals surface area contributed by atoms with E-state index in [0.29, 0.717) is 0 Å². The van der Waals surface area contributed by atoms with Crippen molar-refractivity contribution in [1.82, 2.24) is 19.9 Å². The number of piperidine rings is 1. The monoisotopic (exact) mass is 337 g/mol. The van der Waals surface area contributed by atoms with E-state index in [4.69, 9.17) is 4.98 Å². The number of rotatable bonds is 3. The molecule has 2 aromatic heterocycles. The van der Waals surface area contributed by atoms with Gasteiger partial charge in [-0.15, -0.1) is 0 Å². The second-order valence-electron chi connectivity index (χ2n) is 7.61. The summed E-state index contributed by atoms with van der Waals surface area (Å²) in [7, 11) is 0. The van der Waals surface area contributed by atoms with E-state index < -0.39 is 0 Å². The Labute approximate surface area is 150 Å². The highest BCUT2D eigenvalue weighted by molar-refractivity contribution is 5.34. The second-order valence-corrected chi connectivity index (χ2v) is 7.61. The molecule has 1 spiro atoms. The van der Waals surface area contributed by atoms with Crippen LogP contribution in [0.25, 0.3) is 0 Å². The van der Waals surface area contributed by atoms with Crippen molar-refractivity contribution in [3.63, 3.8) is 0 Å². The zero-order valence-electron chi connectivity index (χ0n) is 15.3. The maximum Gasteiger partial charge on any atom is 0.225 e. The van der Waals surface area contributed by atoms with Crippen LogP contribution in [0.4, 0.5) is 5.95 Å². The third kappa shape index (κ3) is 3.38. The number of anilines is 1. The fourth-order valence-electron chi connectivity index (χ4n) is 4.32. The van der Waals surface area contributed by atoms with Crippen LogP contribution >= 0.6 is 0 Å². The molecule has 0 unspecified atom stereocenters. The molecule has 2 aromatic rings. The minimum atomic E-state index is 0.248. The van der Waals surface area contributed by atoms with Crippen LogP contribution in [0.1, 0.15) is 42.6 Å². The summed E-state index contributed by atoms with van der Waals surface area (Å²) in [6.45, 7) is 8.29. The molecule has 0 amide bonds. The molecule has 2 aliphatic rings. The van der Waals surface area contributed by atoms with Gasteiger partial charge in [0.05, 0.1) is 5.69 Å². The first-order valence-electron chi connectivity index (χ1n) is 9.36. The highest BCUT2D eigenvalue weighted by atomic mass is 15.3. The standard InChI is InChI=1S/C20H27N5/c1-16-12-21-19(22-13-16)24-11-9-20(15-24)8-3-4-10-25(20)14-18-7-5-6-17(2)23-18/h5-7,12-13H,3-4,8-11,14-15H2,1-2H3/t20-/m1/s1. The topological polar surface area (TPSA) is 45.2 Å². The fourth-order valence-corrected chi connectivity index (χ4v) is 4.32. The van der Waals surface area contributed by atoms with Gasteiger partial charge in [0.2, 0.25) is 5.95 Å². The molecular formula is C20H27N5. The van der Waals surface area contributed by atoms with Crippen molar-refractivity contribution < 1.29 is 0 Å². The van der Waals surface area contributed by atoms with E-state index in [0.717, 1.165) is 43.4 Å². The average Bonchev–Trinajstić information content (AvgIpc) is 3.03. The Morgan fingerprint density at radius 3 is 2.68 bits per heavy atom. The maximum atomic E-state index is 4.73. The molecule has 0 N–H and O–H groups in total. The Bertz CT molecular complexity index is 729. The first-order valence-corrected chi connectivity index (χ1v) is 9.36. The largest absolute Gasteiger partial charge is 0.339 e. The van der Waals surface area contributed by atoms with Crippen molar-refractivity contribution in [3.8, 4) is 0 Å². The SMILES string of the molecule is Cc1cnc(N2CC[C@]3(CCCCN3Cc3cccc(C)n3)C2)nc1. The van der Waals surface area contributed by atoms with E-state index in [1.807, 2.05) is 19.3 Å². The first kappa shape index (κ1) is 16.5. The molecule has 5 heteroatoms. The van der Waals surface area contributed by atoms with E-state index in [2.05, 4.69) is 44.9 Å². The highest BCUT2D eigenvalue weighted by Crippen LogP contribution is 2.38. The average molecular weight is 337 g/mol. The van der Waals surface area contributed by atoms with Gasteiger partial charge in [-0.25, -0.2) is 9.97 Å². The molecule has 25 heavy (non-hydrogen) atoms. The van der Waals surface area contributed by atoms with Crippen LogP contribution in [0.2, 0.25) is 0 Å². The molecule has 0 saturated carbocycles. The van der Waals surface area contributed by atoms with Crippen molar-refractivity contribution >= 4 is 5.95 Å². The lowest BCUT2D eigenvalue weighted by Gasteiger charge is -2.44. The third-order valence-corrected chi connectivity index (χ3v) is 5.67. The Balaban J connectivity index is 1.53. The van der Waals surface area contributed by atoms with Crippen LogP contribution < -0.4 is 4.90 Å². The molecule has 2 fully saturated rings. The number of likely N-dealkylation sites (tertiary alicyclic amines) is 1. The molecular weight excluding hydrogens is 310 g/mol. The van der Waals surface area contributed by atoms with Gasteiger partial charge in [0.1, 0.15) is 0 Å². The van der Waals surface area contributed by atoms with Gasteiger partial charge in [0.15, 0.2) is 0 Å². The molecule has 1 atom stereocenters. The van der Waals surface area contributed by atoms with Crippen molar-refractivity contribution in [2.24, 2.45) is 0 Å². The summed E-state index contributed by atoms with van der Waals surface area (Å²) in [5, 5.41) is 0. The quantitative estimate of drug-likeness (QED) is 0.861. The molecule has 4 rings (SSSR count). The highest BCUT2D eigenvalue weighted by Gasteiger charge is 2.44. The van der Waals surface area contributed by atoms with Gasteiger partial charge in [0.25, 0.3) is 0 Å². The number of hydrogen-bond donors (Lipinski definition) is 0. The number of pyridine rings is 1. The Hall–Kier alpha value is -2.01. The molecule has 0 bridgehead atoms. The molecule has 2 saturated heterocycles. The van der Waals surface area contributed by atoms with Crippen LogP contribution in [0, 0.1) is 13.8 Å². The van der Waals surface area contributed by atoms with Gasteiger partial charge >= 0.3 is 0 Å². The summed E-state index contributed by atoms with van der Waals surface area (Å²) >= 11 is 0. The fraction of sp³-hybridized carbons (Fsp3) is 0.550. The Kier molecular flexibility index (Phi) is 4.42. The van der Waals surface area contributed by atoms with Gasteiger partial charge < -0.3 is 4.90 Å². The van der Waals surface area contributed by atoms with Crippen LogP contribution in [-0.4, -0.2) is 45.0 Å². The second kappa shape index (κ2) is 6.71. The minimum Gasteiger partial charge on any atom is -0.339 e. The molecule has 0 radical (unpaired) electrons. The van der Waals surface area contributed by atoms with Gasteiger partial charge in [-0.3, -0.25) is 9.88 Å². The van der Waals surface area contributed by atoms with Crippen molar-refractivity contribution in [1.29, 1.82) is 0 Å². The minimum absolute atomic E-state index is 0.248. The predicted octanol–water partition coefficient (Wildman–Crippen LogP) is 3.12. The summed E-state index contributed by atoms with van der Waals surface area (Å²) < 4.78 is 0. The number of nitrogens with zero attached hydrogens (tertiary/aromatic N) is 5. The lowest BCUT2D eigenvalue weighted by atomic mass is 9.85. The first-order chi connectivity index (χ1) is 12.1. The van der Waals surface area contributed by atoms with E-state index in [9.17, 15) is 0 Å². The van der Waals surface area contributed by atoms with Gasteiger partial charge in [-0.1, -0.05) is 12.5 Å². The van der Waals surface area contributed by atoms with Crippen molar-refractivity contribution in [3.05, 3.63) is 47.5 Å². The summed E-state index contributed by atoms with van der Waals surface area (Å²) in [5.74, 6) is 0.877. The number of aromatic nitrogens is 3. The van der Waals surface area contributed by atoms with Crippen LogP contribution in [0.3, 0.4) is 0 Å². The maximum absolute atomic E-state index is 4.73. The summed E-state index contributed by atoms with van der Waals surface area (Å²) in [6.07, 6.45) is 8.90. The summed E-state index contributed by atoms with van der Waals surface area (Å²) in [4.78, 5) is 18.9. The van der Waals surface area contributed by atoms with E-state index >= 15 is 0 Å². The lowest BCUT2D eigenvalue weighted by Crippen LogP contribution is -2.53. The zero-order valence-corrected chi connectivity index (χ0v) is 15.3. The van der Waals surface area contributed by atoms with Gasteiger partial charge in [0, 0.05) is 43.3 Å². The summed E-state index contributed by atoms with van der Waals surface area (Å²) in [5.41, 5.74) is 3.65. The van der Waals surface area contributed by atoms with Crippen LogP contribution in [0.5, 0.6) is 0 Å². The van der Waals surface area contributed by atoms with E-state index in [1.165, 1.54) is 31.4 Å². The number of aryl methyl sites for hydroxylation is 2. The smallest absolute Gasteiger partial charge is 0.225 e. The molecule has 5 nitrogen and oxygen atoms in total. The van der Waals surface area contributed by atoms with Gasteiger partial charge in [-0.05, 0) is 57.4 Å². The zero-order chi connectivity index (χ0) is 17.3. The Morgan fingerprint density at radius 2 is 1.88 bits per heavy atom. The molecule has 2 aliphatic heterocycles. The summed E-state index contributed by atoms with van der Waals surface area (Å²) in [6, 6.07) is 6.35. The van der Waals surface area contributed by atoms with E-state index in [-0.39, 0.29) is 5.54 Å². The molecule has 132 valence electrons. The van der Waals surface area contributed by atoms with E-state index in [1.54, 1.807) is 0 Å². The van der Waals surface area contributed by atoms with Crippen molar-refractivity contribution in [2.45, 2.75) is 51.6 Å². The molecule has 0 aromatic carbocycles. The third-order valence-electron chi connectivity index (χ3n) is 5.67. The lowest BCUT2D eigenvalue weighted by molar-refractivity contribution is 0.0548. The molecule has 0 aliphatic carbocycles. The normalized spacial score (nSPS) is 24.2. The molecule has 4 heterocycles. The van der Waals surface area contributed by atoms with Crippen molar-refractivity contribution in [2.75, 3.05) is 24.5 Å². The predicted molar refractivity (Wildman–Crippen MR) is 99.6 cm³/mol. The van der Waals surface area contributed by atoms with Gasteiger partial charge in [-0.2, -0.15) is 0 Å².